The fourth-order valence-electron chi connectivity index (χ4n) is 2.81. The van der Waals surface area contributed by atoms with Gasteiger partial charge in [0.05, 0.1) is 35.9 Å². The molecule has 2 aromatic carbocycles. The number of anilines is 2. The van der Waals surface area contributed by atoms with Gasteiger partial charge in [0.1, 0.15) is 11.6 Å². The fourth-order valence-corrected chi connectivity index (χ4v) is 3.53. The van der Waals surface area contributed by atoms with E-state index in [0.717, 1.165) is 30.0 Å². The summed E-state index contributed by atoms with van der Waals surface area (Å²) >= 11 is 0.825. The Bertz CT molecular complexity index is 885. The summed E-state index contributed by atoms with van der Waals surface area (Å²) in [5, 5.41) is 2.48. The van der Waals surface area contributed by atoms with Crippen LogP contribution in [-0.2, 0) is 15.7 Å². The second-order valence-electron chi connectivity index (χ2n) is 6.24. The molecule has 0 bridgehead atoms. The van der Waals surface area contributed by atoms with E-state index >= 15 is 0 Å². The Kier molecular flexibility index (Phi) is 6.63. The van der Waals surface area contributed by atoms with Crippen LogP contribution in [0.4, 0.5) is 33.3 Å². The van der Waals surface area contributed by atoms with Gasteiger partial charge in [0.15, 0.2) is 0 Å². The summed E-state index contributed by atoms with van der Waals surface area (Å²) < 4.78 is 71.2. The van der Waals surface area contributed by atoms with E-state index in [1.54, 1.807) is 0 Å². The van der Waals surface area contributed by atoms with Crippen molar-refractivity contribution in [2.75, 3.05) is 42.3 Å². The second kappa shape index (κ2) is 9.00. The van der Waals surface area contributed by atoms with Crippen LogP contribution in [0.2, 0.25) is 0 Å². The van der Waals surface area contributed by atoms with Crippen molar-refractivity contribution in [3.05, 3.63) is 53.6 Å². The van der Waals surface area contributed by atoms with Crippen molar-refractivity contribution in [3.63, 3.8) is 0 Å². The maximum atomic E-state index is 13.7. The highest BCUT2D eigenvalue weighted by Crippen LogP contribution is 2.36. The molecule has 0 saturated carbocycles. The average molecular weight is 432 g/mol. The van der Waals surface area contributed by atoms with Gasteiger partial charge in [-0.1, -0.05) is 0 Å². The SMILES string of the molecule is O=C(CSc1ccc(F)cc1F)Nc1cc(C(F)(F)F)ccc1N1CCOCC1. The number of ether oxygens (including phenoxy) is 1. The molecule has 1 fully saturated rings. The first-order valence-electron chi connectivity index (χ1n) is 8.65. The van der Waals surface area contributed by atoms with Crippen LogP contribution < -0.4 is 10.2 Å². The lowest BCUT2D eigenvalue weighted by molar-refractivity contribution is -0.137. The number of benzene rings is 2. The lowest BCUT2D eigenvalue weighted by atomic mass is 10.1. The van der Waals surface area contributed by atoms with Gasteiger partial charge >= 0.3 is 6.18 Å². The monoisotopic (exact) mass is 432 g/mol. The van der Waals surface area contributed by atoms with E-state index in [1.807, 2.05) is 4.90 Å². The van der Waals surface area contributed by atoms with Gasteiger partial charge in [-0.15, -0.1) is 11.8 Å². The van der Waals surface area contributed by atoms with E-state index in [4.69, 9.17) is 4.74 Å². The highest BCUT2D eigenvalue weighted by Gasteiger charge is 2.32. The molecule has 29 heavy (non-hydrogen) atoms. The first-order chi connectivity index (χ1) is 13.7. The van der Waals surface area contributed by atoms with Crippen molar-refractivity contribution < 1.29 is 31.5 Å². The summed E-state index contributed by atoms with van der Waals surface area (Å²) in [5.41, 5.74) is -0.415. The predicted molar refractivity (Wildman–Crippen MR) is 100 cm³/mol. The summed E-state index contributed by atoms with van der Waals surface area (Å²) in [4.78, 5) is 14.2. The zero-order chi connectivity index (χ0) is 21.0. The van der Waals surface area contributed by atoms with Crippen molar-refractivity contribution in [3.8, 4) is 0 Å². The molecule has 2 aromatic rings. The average Bonchev–Trinajstić information content (AvgIpc) is 2.67. The van der Waals surface area contributed by atoms with Crippen LogP contribution in [-0.4, -0.2) is 38.0 Å². The molecule has 10 heteroatoms. The third kappa shape index (κ3) is 5.60. The lowest BCUT2D eigenvalue weighted by Crippen LogP contribution is -2.37. The third-order valence-electron chi connectivity index (χ3n) is 4.20. The quantitative estimate of drug-likeness (QED) is 0.556. The van der Waals surface area contributed by atoms with Crippen molar-refractivity contribution in [1.82, 2.24) is 0 Å². The van der Waals surface area contributed by atoms with Crippen LogP contribution in [0.5, 0.6) is 0 Å². The minimum Gasteiger partial charge on any atom is -0.378 e. The number of thioether (sulfide) groups is 1. The zero-order valence-electron chi connectivity index (χ0n) is 15.1. The Hall–Kier alpha value is -2.33. The van der Waals surface area contributed by atoms with Crippen LogP contribution in [0, 0.1) is 11.6 Å². The molecule has 1 saturated heterocycles. The molecule has 0 atom stereocenters. The fraction of sp³-hybridized carbons (Fsp3) is 0.316. The Morgan fingerprint density at radius 2 is 1.83 bits per heavy atom. The highest BCUT2D eigenvalue weighted by atomic mass is 32.2. The van der Waals surface area contributed by atoms with Gasteiger partial charge in [-0.2, -0.15) is 13.2 Å². The highest BCUT2D eigenvalue weighted by molar-refractivity contribution is 8.00. The van der Waals surface area contributed by atoms with E-state index in [0.29, 0.717) is 38.1 Å². The molecule has 0 radical (unpaired) electrons. The summed E-state index contributed by atoms with van der Waals surface area (Å²) in [6.45, 7) is 1.80. The number of hydrogen-bond donors (Lipinski definition) is 1. The molecule has 1 aliphatic heterocycles. The van der Waals surface area contributed by atoms with E-state index in [-0.39, 0.29) is 16.3 Å². The Balaban J connectivity index is 1.76. The maximum Gasteiger partial charge on any atom is 0.416 e. The molecule has 1 aliphatic rings. The predicted octanol–water partition coefficient (Wildman–Crippen LogP) is 4.55. The topological polar surface area (TPSA) is 41.6 Å². The molecule has 156 valence electrons. The van der Waals surface area contributed by atoms with Gasteiger partial charge in [0, 0.05) is 24.1 Å². The van der Waals surface area contributed by atoms with Crippen LogP contribution in [0.3, 0.4) is 0 Å². The van der Waals surface area contributed by atoms with Crippen molar-refractivity contribution in [1.29, 1.82) is 0 Å². The molecular formula is C19H17F5N2O2S. The standard InChI is InChI=1S/C19H17F5N2O2S/c20-13-2-4-17(14(21)10-13)29-11-18(27)25-15-9-12(19(22,23)24)1-3-16(15)26-5-7-28-8-6-26/h1-4,9-10H,5-8,11H2,(H,25,27). The number of carbonyl (C=O) groups is 1. The van der Waals surface area contributed by atoms with Gasteiger partial charge < -0.3 is 15.0 Å². The Morgan fingerprint density at radius 1 is 1.10 bits per heavy atom. The molecular weight excluding hydrogens is 415 g/mol. The first-order valence-corrected chi connectivity index (χ1v) is 9.64. The number of nitrogens with one attached hydrogen (secondary N) is 1. The smallest absolute Gasteiger partial charge is 0.378 e. The van der Waals surface area contributed by atoms with E-state index in [9.17, 15) is 26.7 Å². The molecule has 3 rings (SSSR count). The number of halogens is 5. The van der Waals surface area contributed by atoms with Crippen LogP contribution in [0.15, 0.2) is 41.3 Å². The summed E-state index contributed by atoms with van der Waals surface area (Å²) in [6.07, 6.45) is -4.56. The van der Waals surface area contributed by atoms with E-state index < -0.39 is 29.3 Å². The number of nitrogens with zero attached hydrogens (tertiary/aromatic N) is 1. The number of amides is 1. The van der Waals surface area contributed by atoms with Crippen molar-refractivity contribution >= 4 is 29.0 Å². The van der Waals surface area contributed by atoms with Gasteiger partial charge in [0.25, 0.3) is 0 Å². The number of hydrogen-bond acceptors (Lipinski definition) is 4. The molecule has 1 N–H and O–H groups in total. The second-order valence-corrected chi connectivity index (χ2v) is 7.26. The van der Waals surface area contributed by atoms with E-state index in [2.05, 4.69) is 5.32 Å². The Labute approximate surface area is 168 Å². The molecule has 0 unspecified atom stereocenters. The normalized spacial score (nSPS) is 14.7. The summed E-state index contributed by atoms with van der Waals surface area (Å²) in [5.74, 6) is -2.40. The van der Waals surface area contributed by atoms with Gasteiger partial charge in [-0.3, -0.25) is 4.79 Å². The minimum absolute atomic E-state index is 0.0203. The molecule has 0 aliphatic carbocycles. The number of alkyl halides is 3. The number of morpholine rings is 1. The van der Waals surface area contributed by atoms with Gasteiger partial charge in [-0.05, 0) is 30.3 Å². The molecule has 0 aromatic heterocycles. The van der Waals surface area contributed by atoms with Crippen molar-refractivity contribution in [2.45, 2.75) is 11.1 Å². The number of rotatable bonds is 5. The van der Waals surface area contributed by atoms with Crippen LogP contribution >= 0.6 is 11.8 Å². The molecule has 4 nitrogen and oxygen atoms in total. The summed E-state index contributed by atoms with van der Waals surface area (Å²) in [7, 11) is 0. The summed E-state index contributed by atoms with van der Waals surface area (Å²) in [6, 6.07) is 6.12. The molecule has 0 spiro atoms. The minimum atomic E-state index is -4.56. The largest absolute Gasteiger partial charge is 0.416 e. The van der Waals surface area contributed by atoms with E-state index in [1.165, 1.54) is 12.1 Å². The van der Waals surface area contributed by atoms with Crippen LogP contribution in [0.1, 0.15) is 5.56 Å². The zero-order valence-corrected chi connectivity index (χ0v) is 15.9. The third-order valence-corrected chi connectivity index (χ3v) is 5.25. The Morgan fingerprint density at radius 3 is 2.48 bits per heavy atom. The van der Waals surface area contributed by atoms with Crippen LogP contribution in [0.25, 0.3) is 0 Å². The van der Waals surface area contributed by atoms with Crippen molar-refractivity contribution in [2.24, 2.45) is 0 Å². The van der Waals surface area contributed by atoms with Gasteiger partial charge in [-0.25, -0.2) is 8.78 Å². The lowest BCUT2D eigenvalue weighted by Gasteiger charge is -2.31. The molecule has 1 heterocycles. The molecule has 1 amide bonds. The maximum absolute atomic E-state index is 13.7. The van der Waals surface area contributed by atoms with Gasteiger partial charge in [0.2, 0.25) is 5.91 Å². The first kappa shape index (κ1) is 21.4. The number of carbonyl (C=O) groups excluding carboxylic acids is 1.